The maximum atomic E-state index is 11.6. The largest absolute Gasteiger partial charge is 0.313 e. The predicted octanol–water partition coefficient (Wildman–Crippen LogP) is 5.08. The summed E-state index contributed by atoms with van der Waals surface area (Å²) in [6, 6.07) is 17.2. The Morgan fingerprint density at radius 3 is 2.11 bits per heavy atom. The molecule has 4 nitrogen and oxygen atoms in total. The Kier molecular flexibility index (Phi) is 11.7. The predicted molar refractivity (Wildman–Crippen MR) is 112 cm³/mol. The average Bonchev–Trinajstić information content (AvgIpc) is 2.67. The van der Waals surface area contributed by atoms with Crippen LogP contribution in [0.4, 0.5) is 0 Å². The summed E-state index contributed by atoms with van der Waals surface area (Å²) in [5.41, 5.74) is 2.40. The second kappa shape index (κ2) is 13.5. The van der Waals surface area contributed by atoms with Crippen molar-refractivity contribution in [1.29, 1.82) is 0 Å². The highest BCUT2D eigenvalue weighted by Gasteiger charge is 2.13. The first kappa shape index (κ1) is 23.3. The fraction of sp³-hybridized carbons (Fsp3) is 0.455. The van der Waals surface area contributed by atoms with Crippen LogP contribution >= 0.6 is 0 Å². The van der Waals surface area contributed by atoms with Crippen LogP contribution in [0.15, 0.2) is 59.5 Å². The molecule has 0 saturated carbocycles. The first-order valence-corrected chi connectivity index (χ1v) is 11.1. The van der Waals surface area contributed by atoms with Gasteiger partial charge in [0.2, 0.25) is 0 Å². The van der Waals surface area contributed by atoms with Crippen LogP contribution in [0.1, 0.15) is 50.7 Å². The summed E-state index contributed by atoms with van der Waals surface area (Å²) >= 11 is 0. The van der Waals surface area contributed by atoms with Gasteiger partial charge in [0.25, 0.3) is 10.1 Å². The van der Waals surface area contributed by atoms with Crippen LogP contribution in [-0.4, -0.2) is 21.6 Å². The van der Waals surface area contributed by atoms with E-state index in [4.69, 9.17) is 4.18 Å². The Morgan fingerprint density at radius 1 is 0.889 bits per heavy atom. The highest BCUT2D eigenvalue weighted by molar-refractivity contribution is 7.86. The lowest BCUT2D eigenvalue weighted by Gasteiger charge is -2.04. The van der Waals surface area contributed by atoms with E-state index < -0.39 is 10.1 Å². The zero-order chi connectivity index (χ0) is 20.0. The molecule has 0 amide bonds. The lowest BCUT2D eigenvalue weighted by Crippen LogP contribution is -2.14. The van der Waals surface area contributed by atoms with Crippen molar-refractivity contribution < 1.29 is 12.6 Å². The smallest absolute Gasteiger partial charge is 0.296 e. The Morgan fingerprint density at radius 2 is 1.52 bits per heavy atom. The van der Waals surface area contributed by atoms with Gasteiger partial charge in [-0.25, -0.2) is 0 Å². The number of hydrogen-bond donors (Lipinski definition) is 1. The van der Waals surface area contributed by atoms with Gasteiger partial charge in [0.15, 0.2) is 0 Å². The van der Waals surface area contributed by atoms with E-state index in [9.17, 15) is 8.42 Å². The average molecular weight is 392 g/mol. The summed E-state index contributed by atoms with van der Waals surface area (Å²) in [7, 11) is -3.55. The Bertz CT molecular complexity index is 713. The summed E-state index contributed by atoms with van der Waals surface area (Å²) in [6.07, 6.45) is 4.21. The van der Waals surface area contributed by atoms with Gasteiger partial charge in [-0.2, -0.15) is 8.42 Å². The van der Waals surface area contributed by atoms with Crippen molar-refractivity contribution in [3.05, 3.63) is 65.7 Å². The molecule has 27 heavy (non-hydrogen) atoms. The standard InChI is InChI=1S/C11H17N.C11H16O3S/c1-2-3-9-12-10-11-7-5-4-6-8-11;1-3-4-9-14-15(12,13)11-7-5-10(2)6-8-11/h4-8,12H,2-3,9-10H2,1H3;5-8H,3-4,9H2,1-2H3. The normalized spacial score (nSPS) is 10.9. The molecule has 0 atom stereocenters. The zero-order valence-electron chi connectivity index (χ0n) is 16.8. The third kappa shape index (κ3) is 10.3. The van der Waals surface area contributed by atoms with Crippen molar-refractivity contribution in [2.24, 2.45) is 0 Å². The lowest BCUT2D eigenvalue weighted by atomic mass is 10.2. The van der Waals surface area contributed by atoms with Crippen molar-refractivity contribution in [3.63, 3.8) is 0 Å². The minimum Gasteiger partial charge on any atom is -0.313 e. The molecule has 5 heteroatoms. The summed E-state index contributed by atoms with van der Waals surface area (Å²) in [6.45, 7) is 8.50. The van der Waals surface area contributed by atoms with E-state index in [0.29, 0.717) is 0 Å². The third-order valence-corrected chi connectivity index (χ3v) is 5.25. The van der Waals surface area contributed by atoms with Gasteiger partial charge < -0.3 is 5.32 Å². The van der Waals surface area contributed by atoms with Crippen molar-refractivity contribution in [1.82, 2.24) is 5.32 Å². The SMILES string of the molecule is CCCCNCc1ccccc1.CCCCOS(=O)(=O)c1ccc(C)cc1. The molecule has 0 aliphatic rings. The van der Waals surface area contributed by atoms with Crippen LogP contribution in [0.2, 0.25) is 0 Å². The van der Waals surface area contributed by atoms with E-state index in [0.717, 1.165) is 31.5 Å². The molecule has 0 fully saturated rings. The van der Waals surface area contributed by atoms with Crippen molar-refractivity contribution in [2.45, 2.75) is 57.9 Å². The molecule has 0 bridgehead atoms. The van der Waals surface area contributed by atoms with Crippen molar-refractivity contribution in [3.8, 4) is 0 Å². The van der Waals surface area contributed by atoms with E-state index in [1.165, 1.54) is 18.4 Å². The molecule has 0 radical (unpaired) electrons. The lowest BCUT2D eigenvalue weighted by molar-refractivity contribution is 0.311. The van der Waals surface area contributed by atoms with Gasteiger partial charge in [-0.05, 0) is 44.0 Å². The molecule has 0 aromatic heterocycles. The van der Waals surface area contributed by atoms with Gasteiger partial charge in [-0.1, -0.05) is 74.7 Å². The molecule has 0 saturated heterocycles. The minimum atomic E-state index is -3.55. The topological polar surface area (TPSA) is 55.4 Å². The van der Waals surface area contributed by atoms with Gasteiger partial charge in [-0.15, -0.1) is 0 Å². The fourth-order valence-electron chi connectivity index (χ4n) is 2.22. The molecule has 0 spiro atoms. The maximum Gasteiger partial charge on any atom is 0.296 e. The molecule has 150 valence electrons. The molecule has 0 aliphatic carbocycles. The minimum absolute atomic E-state index is 0.226. The molecular formula is C22H33NO3S. The van der Waals surface area contributed by atoms with Crippen molar-refractivity contribution >= 4 is 10.1 Å². The van der Waals surface area contributed by atoms with Gasteiger partial charge in [-0.3, -0.25) is 4.18 Å². The number of aryl methyl sites for hydroxylation is 1. The molecule has 0 heterocycles. The van der Waals surface area contributed by atoms with Gasteiger partial charge in [0.05, 0.1) is 11.5 Å². The van der Waals surface area contributed by atoms with Crippen LogP contribution < -0.4 is 5.32 Å². The molecule has 1 N–H and O–H groups in total. The summed E-state index contributed by atoms with van der Waals surface area (Å²) in [5.74, 6) is 0. The second-order valence-corrected chi connectivity index (χ2v) is 8.07. The Balaban J connectivity index is 0.000000277. The van der Waals surface area contributed by atoms with E-state index in [2.05, 4.69) is 42.6 Å². The van der Waals surface area contributed by atoms with E-state index in [1.807, 2.05) is 13.8 Å². The van der Waals surface area contributed by atoms with Crippen LogP contribution in [-0.2, 0) is 20.8 Å². The number of nitrogens with one attached hydrogen (secondary N) is 1. The van der Waals surface area contributed by atoms with Gasteiger partial charge in [0, 0.05) is 6.54 Å². The first-order valence-electron chi connectivity index (χ1n) is 9.70. The quantitative estimate of drug-likeness (QED) is 0.453. The Labute approximate surface area is 165 Å². The number of unbranched alkanes of at least 4 members (excludes halogenated alkanes) is 2. The monoisotopic (exact) mass is 391 g/mol. The van der Waals surface area contributed by atoms with Crippen LogP contribution in [0.25, 0.3) is 0 Å². The van der Waals surface area contributed by atoms with Gasteiger partial charge in [0.1, 0.15) is 0 Å². The molecule has 2 rings (SSSR count). The second-order valence-electron chi connectivity index (χ2n) is 6.46. The number of benzene rings is 2. The maximum absolute atomic E-state index is 11.6. The zero-order valence-corrected chi connectivity index (χ0v) is 17.6. The molecular weight excluding hydrogens is 358 g/mol. The Hall–Kier alpha value is -1.69. The highest BCUT2D eigenvalue weighted by atomic mass is 32.2. The summed E-state index contributed by atoms with van der Waals surface area (Å²) in [5, 5.41) is 3.40. The van der Waals surface area contributed by atoms with E-state index in [-0.39, 0.29) is 11.5 Å². The molecule has 2 aromatic carbocycles. The first-order chi connectivity index (χ1) is 13.0. The number of hydrogen-bond acceptors (Lipinski definition) is 4. The van der Waals surface area contributed by atoms with Crippen LogP contribution in [0.5, 0.6) is 0 Å². The van der Waals surface area contributed by atoms with E-state index >= 15 is 0 Å². The molecule has 0 aliphatic heterocycles. The van der Waals surface area contributed by atoms with E-state index in [1.54, 1.807) is 24.3 Å². The van der Waals surface area contributed by atoms with Crippen LogP contribution in [0.3, 0.4) is 0 Å². The fourth-order valence-corrected chi connectivity index (χ4v) is 3.16. The summed E-state index contributed by atoms with van der Waals surface area (Å²) < 4.78 is 28.1. The highest BCUT2D eigenvalue weighted by Crippen LogP contribution is 2.13. The van der Waals surface area contributed by atoms with Crippen molar-refractivity contribution in [2.75, 3.05) is 13.2 Å². The summed E-state index contributed by atoms with van der Waals surface area (Å²) in [4.78, 5) is 0.226. The third-order valence-electron chi connectivity index (χ3n) is 3.93. The van der Waals surface area contributed by atoms with Crippen LogP contribution in [0, 0.1) is 6.92 Å². The molecule has 0 unspecified atom stereocenters. The number of rotatable bonds is 10. The molecule has 2 aromatic rings. The van der Waals surface area contributed by atoms with Gasteiger partial charge >= 0.3 is 0 Å².